The van der Waals surface area contributed by atoms with E-state index in [2.05, 4.69) is 5.10 Å². The Kier molecular flexibility index (Phi) is 1.71. The lowest BCUT2D eigenvalue weighted by Gasteiger charge is -1.96. The van der Waals surface area contributed by atoms with Gasteiger partial charge in [-0.1, -0.05) is 11.6 Å². The molecule has 4 heteroatoms. The van der Waals surface area contributed by atoms with Crippen LogP contribution in [0.2, 0.25) is 5.02 Å². The van der Waals surface area contributed by atoms with Crippen LogP contribution >= 0.6 is 11.6 Å². The molecule has 1 heterocycles. The molecule has 1 aromatic heterocycles. The second-order valence-electron chi connectivity index (χ2n) is 2.77. The van der Waals surface area contributed by atoms with Crippen molar-refractivity contribution < 1.29 is 0 Å². The molecule has 0 unspecified atom stereocenters. The standard InChI is InChI=1S/C9H6ClN3/c1-13-9-3-8(10)6(4-11)2-7(9)5-12-13/h2-3,5H,1H3. The number of nitrogens with zero attached hydrogens (tertiary/aromatic N) is 3. The first kappa shape index (κ1) is 8.09. The Morgan fingerprint density at radius 2 is 2.31 bits per heavy atom. The zero-order valence-corrected chi connectivity index (χ0v) is 7.71. The summed E-state index contributed by atoms with van der Waals surface area (Å²) in [5, 5.41) is 14.2. The van der Waals surface area contributed by atoms with Crippen LogP contribution in [0.1, 0.15) is 5.56 Å². The van der Waals surface area contributed by atoms with E-state index in [1.807, 2.05) is 13.1 Å². The van der Waals surface area contributed by atoms with Gasteiger partial charge in [0.05, 0.1) is 22.3 Å². The molecule has 0 radical (unpaired) electrons. The van der Waals surface area contributed by atoms with Crippen LogP contribution in [0.25, 0.3) is 10.9 Å². The quantitative estimate of drug-likeness (QED) is 0.640. The topological polar surface area (TPSA) is 41.6 Å². The van der Waals surface area contributed by atoms with Crippen molar-refractivity contribution in [1.82, 2.24) is 9.78 Å². The third-order valence-corrected chi connectivity index (χ3v) is 2.27. The monoisotopic (exact) mass is 191 g/mol. The summed E-state index contributed by atoms with van der Waals surface area (Å²) in [5.74, 6) is 0. The second-order valence-corrected chi connectivity index (χ2v) is 3.18. The molecule has 0 saturated heterocycles. The molecule has 0 fully saturated rings. The third-order valence-electron chi connectivity index (χ3n) is 1.96. The Hall–Kier alpha value is -1.53. The maximum absolute atomic E-state index is 8.72. The van der Waals surface area contributed by atoms with E-state index in [1.54, 1.807) is 23.0 Å². The fraction of sp³-hybridized carbons (Fsp3) is 0.111. The minimum absolute atomic E-state index is 0.471. The number of nitriles is 1. The summed E-state index contributed by atoms with van der Waals surface area (Å²) in [6.07, 6.45) is 1.71. The van der Waals surface area contributed by atoms with Crippen molar-refractivity contribution in [1.29, 1.82) is 5.26 Å². The number of halogens is 1. The van der Waals surface area contributed by atoms with E-state index in [4.69, 9.17) is 16.9 Å². The van der Waals surface area contributed by atoms with Crippen LogP contribution in [0.3, 0.4) is 0 Å². The average Bonchev–Trinajstić information content (AvgIpc) is 2.47. The Morgan fingerprint density at radius 3 is 3.00 bits per heavy atom. The molecular weight excluding hydrogens is 186 g/mol. The predicted molar refractivity (Wildman–Crippen MR) is 50.4 cm³/mol. The Balaban J connectivity index is 2.85. The molecule has 0 saturated carbocycles. The summed E-state index contributed by atoms with van der Waals surface area (Å²) >= 11 is 5.87. The van der Waals surface area contributed by atoms with Crippen molar-refractivity contribution in [3.05, 3.63) is 28.9 Å². The summed E-state index contributed by atoms with van der Waals surface area (Å²) in [6, 6.07) is 5.52. The van der Waals surface area contributed by atoms with Crippen LogP contribution in [0.15, 0.2) is 18.3 Å². The average molecular weight is 192 g/mol. The molecule has 0 bridgehead atoms. The highest BCUT2D eigenvalue weighted by Gasteiger charge is 2.04. The fourth-order valence-corrected chi connectivity index (χ4v) is 1.46. The molecule has 2 rings (SSSR count). The van der Waals surface area contributed by atoms with Gasteiger partial charge in [0, 0.05) is 12.4 Å². The Morgan fingerprint density at radius 1 is 1.54 bits per heavy atom. The van der Waals surface area contributed by atoms with Crippen LogP contribution in [0.5, 0.6) is 0 Å². The minimum atomic E-state index is 0.471. The van der Waals surface area contributed by atoms with Gasteiger partial charge in [-0.3, -0.25) is 4.68 Å². The van der Waals surface area contributed by atoms with Gasteiger partial charge < -0.3 is 0 Å². The molecule has 0 aliphatic rings. The molecule has 13 heavy (non-hydrogen) atoms. The van der Waals surface area contributed by atoms with Crippen LogP contribution in [-0.2, 0) is 7.05 Å². The number of rotatable bonds is 0. The minimum Gasteiger partial charge on any atom is -0.268 e. The largest absolute Gasteiger partial charge is 0.268 e. The van der Waals surface area contributed by atoms with Gasteiger partial charge in [0.15, 0.2) is 0 Å². The SMILES string of the molecule is Cn1ncc2cc(C#N)c(Cl)cc21. The number of aromatic nitrogens is 2. The number of aryl methyl sites for hydroxylation is 1. The number of benzene rings is 1. The number of hydrogen-bond acceptors (Lipinski definition) is 2. The highest BCUT2D eigenvalue weighted by atomic mass is 35.5. The van der Waals surface area contributed by atoms with Crippen molar-refractivity contribution >= 4 is 22.5 Å². The number of fused-ring (bicyclic) bond motifs is 1. The first-order valence-corrected chi connectivity index (χ1v) is 4.11. The molecule has 0 N–H and O–H groups in total. The molecule has 0 amide bonds. The van der Waals surface area contributed by atoms with Crippen molar-refractivity contribution in [3.63, 3.8) is 0 Å². The molecule has 1 aromatic carbocycles. The molecule has 3 nitrogen and oxygen atoms in total. The van der Waals surface area contributed by atoms with E-state index in [1.165, 1.54) is 0 Å². The zero-order chi connectivity index (χ0) is 9.42. The summed E-state index contributed by atoms with van der Waals surface area (Å²) in [6.45, 7) is 0. The summed E-state index contributed by atoms with van der Waals surface area (Å²) < 4.78 is 1.72. The highest BCUT2D eigenvalue weighted by Crippen LogP contribution is 2.22. The normalized spacial score (nSPS) is 10.2. The van der Waals surface area contributed by atoms with Crippen molar-refractivity contribution in [2.45, 2.75) is 0 Å². The van der Waals surface area contributed by atoms with E-state index in [-0.39, 0.29) is 0 Å². The summed E-state index contributed by atoms with van der Waals surface area (Å²) in [7, 11) is 1.84. The molecule has 2 aromatic rings. The van der Waals surface area contributed by atoms with Gasteiger partial charge in [-0.25, -0.2) is 0 Å². The Bertz CT molecular complexity index is 507. The van der Waals surface area contributed by atoms with Gasteiger partial charge in [-0.2, -0.15) is 10.4 Å². The van der Waals surface area contributed by atoms with E-state index >= 15 is 0 Å². The molecule has 0 aliphatic carbocycles. The smallest absolute Gasteiger partial charge is 0.101 e. The molecular formula is C9H6ClN3. The third kappa shape index (κ3) is 1.16. The molecule has 64 valence electrons. The van der Waals surface area contributed by atoms with E-state index in [9.17, 15) is 0 Å². The first-order chi connectivity index (χ1) is 6.22. The predicted octanol–water partition coefficient (Wildman–Crippen LogP) is 2.10. The lowest BCUT2D eigenvalue weighted by Crippen LogP contribution is -1.88. The van der Waals surface area contributed by atoms with Gasteiger partial charge in [-0.05, 0) is 12.1 Å². The van der Waals surface area contributed by atoms with Crippen LogP contribution in [0.4, 0.5) is 0 Å². The molecule has 0 spiro atoms. The summed E-state index contributed by atoms with van der Waals surface area (Å²) in [4.78, 5) is 0. The van der Waals surface area contributed by atoms with Crippen LogP contribution in [0, 0.1) is 11.3 Å². The second kappa shape index (κ2) is 2.75. The number of hydrogen-bond donors (Lipinski definition) is 0. The van der Waals surface area contributed by atoms with E-state index < -0.39 is 0 Å². The van der Waals surface area contributed by atoms with Gasteiger partial charge in [-0.15, -0.1) is 0 Å². The first-order valence-electron chi connectivity index (χ1n) is 3.73. The zero-order valence-electron chi connectivity index (χ0n) is 6.95. The Labute approximate surface area is 80.1 Å². The molecule has 0 atom stereocenters. The highest BCUT2D eigenvalue weighted by molar-refractivity contribution is 6.32. The van der Waals surface area contributed by atoms with Gasteiger partial charge >= 0.3 is 0 Å². The van der Waals surface area contributed by atoms with Gasteiger partial charge in [0.2, 0.25) is 0 Å². The van der Waals surface area contributed by atoms with E-state index in [0.717, 1.165) is 10.9 Å². The van der Waals surface area contributed by atoms with Crippen molar-refractivity contribution in [2.24, 2.45) is 7.05 Å². The van der Waals surface area contributed by atoms with Crippen molar-refractivity contribution in [3.8, 4) is 6.07 Å². The lowest BCUT2D eigenvalue weighted by atomic mass is 10.2. The van der Waals surface area contributed by atoms with Gasteiger partial charge in [0.25, 0.3) is 0 Å². The maximum atomic E-state index is 8.72. The maximum Gasteiger partial charge on any atom is 0.101 e. The van der Waals surface area contributed by atoms with E-state index in [0.29, 0.717) is 10.6 Å². The van der Waals surface area contributed by atoms with Crippen LogP contribution in [-0.4, -0.2) is 9.78 Å². The lowest BCUT2D eigenvalue weighted by molar-refractivity contribution is 0.797. The molecule has 0 aliphatic heterocycles. The van der Waals surface area contributed by atoms with Gasteiger partial charge in [0.1, 0.15) is 6.07 Å². The fourth-order valence-electron chi connectivity index (χ4n) is 1.26. The summed E-state index contributed by atoms with van der Waals surface area (Å²) in [5.41, 5.74) is 1.42. The van der Waals surface area contributed by atoms with Crippen molar-refractivity contribution in [2.75, 3.05) is 0 Å². The van der Waals surface area contributed by atoms with Crippen LogP contribution < -0.4 is 0 Å².